The summed E-state index contributed by atoms with van der Waals surface area (Å²) in [5.41, 5.74) is 5.25. The summed E-state index contributed by atoms with van der Waals surface area (Å²) in [6.07, 6.45) is 3.34. The van der Waals surface area contributed by atoms with E-state index in [0.717, 1.165) is 33.8 Å². The molecule has 0 aliphatic carbocycles. The van der Waals surface area contributed by atoms with Gasteiger partial charge in [-0.3, -0.25) is 0 Å². The number of benzene rings is 5. The number of fused-ring (bicyclic) bond motifs is 3. The van der Waals surface area contributed by atoms with Crippen LogP contribution in [0.15, 0.2) is 140 Å². The minimum absolute atomic E-state index is 0. The SMILES string of the molecule is [Au].[c-]1n(-c2ccccc2)nc(-c2ccccc2)[n+]1-c1ccccc1.c1ccc2c(c1)[n-]c1ccccc12. The van der Waals surface area contributed by atoms with Gasteiger partial charge in [0, 0.05) is 33.6 Å². The van der Waals surface area contributed by atoms with Crippen LogP contribution >= 0.6 is 0 Å². The minimum Gasteiger partial charge on any atom is -0.657 e. The van der Waals surface area contributed by atoms with Crippen LogP contribution in [0.4, 0.5) is 0 Å². The van der Waals surface area contributed by atoms with Gasteiger partial charge in [-0.25, -0.2) is 0 Å². The van der Waals surface area contributed by atoms with Crippen LogP contribution in [0.5, 0.6) is 0 Å². The van der Waals surface area contributed by atoms with Crippen LogP contribution in [0, 0.1) is 6.33 Å². The normalized spacial score (nSPS) is 10.5. The maximum absolute atomic E-state index is 4.75. The molecule has 5 aromatic carbocycles. The van der Waals surface area contributed by atoms with Gasteiger partial charge in [-0.1, -0.05) is 140 Å². The maximum Gasteiger partial charge on any atom is 0.231 e. The smallest absolute Gasteiger partial charge is 0.231 e. The van der Waals surface area contributed by atoms with E-state index in [-0.39, 0.29) is 22.4 Å². The maximum atomic E-state index is 4.75. The van der Waals surface area contributed by atoms with Crippen molar-refractivity contribution >= 4 is 21.8 Å². The number of hydrogen-bond donors (Lipinski definition) is 0. The van der Waals surface area contributed by atoms with E-state index in [1.54, 1.807) is 4.68 Å². The molecule has 2 aromatic heterocycles. The van der Waals surface area contributed by atoms with Crippen LogP contribution in [-0.2, 0) is 22.4 Å². The fraction of sp³-hybridized carbons (Fsp3) is 0. The second kappa shape index (κ2) is 11.2. The second-order valence-corrected chi connectivity index (χ2v) is 8.35. The van der Waals surface area contributed by atoms with Crippen molar-refractivity contribution in [2.75, 3.05) is 0 Å². The summed E-state index contributed by atoms with van der Waals surface area (Å²) in [6.45, 7) is 0. The van der Waals surface area contributed by atoms with E-state index in [2.05, 4.69) is 72.0 Å². The van der Waals surface area contributed by atoms with Gasteiger partial charge < -0.3 is 9.55 Å². The van der Waals surface area contributed by atoms with Gasteiger partial charge in [0.15, 0.2) is 0 Å². The van der Waals surface area contributed by atoms with Gasteiger partial charge in [0.1, 0.15) is 0 Å². The molecule has 0 N–H and O–H groups in total. The summed E-state index contributed by atoms with van der Waals surface area (Å²) in [5.74, 6) is 0.862. The standard InChI is InChI=1S/C20H15N3.C12H8N.Au/c1-4-10-17(11-5-1)20-21-23(19-14-8-3-9-15-19)16-22(20)18-12-6-2-7-13-18;1-3-7-11-9(5-1)10-6-2-4-8-12(10)13-11;/h1-15H;1-8H;/q;-1;. The first-order chi connectivity index (χ1) is 17.9. The van der Waals surface area contributed by atoms with Gasteiger partial charge in [0.05, 0.1) is 5.69 Å². The fourth-order valence-electron chi connectivity index (χ4n) is 4.25. The van der Waals surface area contributed by atoms with Crippen molar-refractivity contribution in [3.05, 3.63) is 146 Å². The zero-order valence-electron chi connectivity index (χ0n) is 19.9. The van der Waals surface area contributed by atoms with Gasteiger partial charge in [-0.15, -0.1) is 11.0 Å². The van der Waals surface area contributed by atoms with E-state index < -0.39 is 0 Å². The van der Waals surface area contributed by atoms with Crippen LogP contribution in [0.2, 0.25) is 0 Å². The number of nitrogens with zero attached hydrogens (tertiary/aromatic N) is 4. The summed E-state index contributed by atoms with van der Waals surface area (Å²) in [5, 5.41) is 7.25. The second-order valence-electron chi connectivity index (χ2n) is 8.35. The minimum atomic E-state index is 0. The number of para-hydroxylation sites is 4. The Hall–Kier alpha value is -4.22. The van der Waals surface area contributed by atoms with Crippen molar-refractivity contribution in [2.45, 2.75) is 0 Å². The predicted octanol–water partition coefficient (Wildman–Crippen LogP) is 6.56. The summed E-state index contributed by atoms with van der Waals surface area (Å²) in [6, 6.07) is 46.8. The third-order valence-electron chi connectivity index (χ3n) is 5.99. The van der Waals surface area contributed by atoms with Crippen molar-refractivity contribution in [3.63, 3.8) is 0 Å². The predicted molar refractivity (Wildman–Crippen MR) is 144 cm³/mol. The third-order valence-corrected chi connectivity index (χ3v) is 5.99. The molecule has 0 spiro atoms. The molecule has 5 heteroatoms. The molecule has 0 aliphatic heterocycles. The molecule has 7 aromatic rings. The summed E-state index contributed by atoms with van der Waals surface area (Å²) in [4.78, 5) is 4.52. The molecule has 0 bridgehead atoms. The molecule has 0 aliphatic rings. The van der Waals surface area contributed by atoms with Gasteiger partial charge in [-0.05, 0) is 15.9 Å². The molecule has 0 saturated carbocycles. The van der Waals surface area contributed by atoms with Crippen molar-refractivity contribution in [1.82, 2.24) is 14.8 Å². The molecule has 1 radical (unpaired) electrons. The molecule has 2 heterocycles. The molecule has 37 heavy (non-hydrogen) atoms. The quantitative estimate of drug-likeness (QED) is 0.122. The van der Waals surface area contributed by atoms with E-state index in [9.17, 15) is 0 Å². The molecule has 7 rings (SSSR count). The number of rotatable bonds is 3. The Kier molecular flexibility index (Phi) is 7.43. The molecule has 0 fully saturated rings. The molecule has 0 amide bonds. The molecular weight excluding hydrogens is 637 g/mol. The average molecular weight is 661 g/mol. The Balaban J connectivity index is 0.000000170. The fourth-order valence-corrected chi connectivity index (χ4v) is 4.25. The van der Waals surface area contributed by atoms with Crippen LogP contribution in [0.1, 0.15) is 0 Å². The van der Waals surface area contributed by atoms with E-state index in [1.807, 2.05) is 83.4 Å². The largest absolute Gasteiger partial charge is 0.657 e. The number of hydrogen-bond acceptors (Lipinski definition) is 1. The Morgan fingerprint density at radius 1 is 0.568 bits per heavy atom. The van der Waals surface area contributed by atoms with E-state index >= 15 is 0 Å². The summed E-state index contributed by atoms with van der Waals surface area (Å²) >= 11 is 0. The Morgan fingerprint density at radius 2 is 1.05 bits per heavy atom. The van der Waals surface area contributed by atoms with Crippen LogP contribution in [0.25, 0.3) is 44.6 Å². The van der Waals surface area contributed by atoms with Gasteiger partial charge in [0.25, 0.3) is 0 Å². The van der Waals surface area contributed by atoms with E-state index in [0.29, 0.717) is 0 Å². The van der Waals surface area contributed by atoms with Crippen LogP contribution in [-0.4, -0.2) is 9.78 Å². The van der Waals surface area contributed by atoms with Gasteiger partial charge in [-0.2, -0.15) is 4.68 Å². The first-order valence-corrected chi connectivity index (χ1v) is 11.9. The molecule has 4 nitrogen and oxygen atoms in total. The molecule has 0 saturated heterocycles. The zero-order valence-corrected chi connectivity index (χ0v) is 22.0. The average Bonchev–Trinajstić information content (AvgIpc) is 3.58. The van der Waals surface area contributed by atoms with Gasteiger partial charge >= 0.3 is 0 Å². The van der Waals surface area contributed by atoms with Crippen molar-refractivity contribution < 1.29 is 26.9 Å². The first-order valence-electron chi connectivity index (χ1n) is 11.9. The first kappa shape index (κ1) is 24.5. The third kappa shape index (κ3) is 5.18. The number of aromatic nitrogens is 4. The molecule has 183 valence electrons. The molecule has 0 atom stereocenters. The topological polar surface area (TPSA) is 35.8 Å². The molecular formula is C32H23AuN4-. The van der Waals surface area contributed by atoms with Crippen molar-refractivity contribution in [2.24, 2.45) is 0 Å². The Bertz CT molecular complexity index is 1620. The van der Waals surface area contributed by atoms with E-state index in [1.165, 1.54) is 10.8 Å². The van der Waals surface area contributed by atoms with Gasteiger partial charge in [0.2, 0.25) is 12.2 Å². The Morgan fingerprint density at radius 3 is 1.65 bits per heavy atom. The van der Waals surface area contributed by atoms with Crippen molar-refractivity contribution in [3.8, 4) is 22.8 Å². The Labute approximate surface area is 231 Å². The zero-order chi connectivity index (χ0) is 24.2. The van der Waals surface area contributed by atoms with E-state index in [4.69, 9.17) is 5.10 Å². The van der Waals surface area contributed by atoms with Crippen molar-refractivity contribution in [1.29, 1.82) is 0 Å². The van der Waals surface area contributed by atoms with Crippen LogP contribution < -0.4 is 9.55 Å². The summed E-state index contributed by atoms with van der Waals surface area (Å²) in [7, 11) is 0. The molecule has 0 unspecified atom stereocenters. The monoisotopic (exact) mass is 660 g/mol. The van der Waals surface area contributed by atoms with Crippen LogP contribution in [0.3, 0.4) is 0 Å². The summed E-state index contributed by atoms with van der Waals surface area (Å²) < 4.78 is 3.78.